The number of fused-ring (bicyclic) bond motifs is 5. The second kappa shape index (κ2) is 7.38. The Balaban J connectivity index is 1.53. The number of aliphatic hydroxyl groups is 3. The van der Waals surface area contributed by atoms with Crippen LogP contribution in [-0.4, -0.2) is 58.0 Å². The Hall–Kier alpha value is -1.75. The number of esters is 1. The monoisotopic (exact) mass is 442 g/mol. The first-order valence-electron chi connectivity index (χ1n) is 12.1. The fourth-order valence-electron chi connectivity index (χ4n) is 8.61. The van der Waals surface area contributed by atoms with Gasteiger partial charge >= 0.3 is 5.97 Å². The van der Waals surface area contributed by atoms with Crippen molar-refractivity contribution in [2.75, 3.05) is 13.2 Å². The predicted octanol–water partition coefficient (Wildman–Crippen LogP) is 2.29. The van der Waals surface area contributed by atoms with E-state index in [2.05, 4.69) is 18.0 Å². The molecule has 174 valence electrons. The average molecular weight is 443 g/mol. The van der Waals surface area contributed by atoms with E-state index in [1.165, 1.54) is 0 Å². The summed E-state index contributed by atoms with van der Waals surface area (Å²) in [5.41, 5.74) is -1.93. The summed E-state index contributed by atoms with van der Waals surface area (Å²) in [6.45, 7) is 2.54. The van der Waals surface area contributed by atoms with Gasteiger partial charge in [0.2, 0.25) is 0 Å². The molecule has 0 saturated heterocycles. The maximum absolute atomic E-state index is 12.3. The summed E-state index contributed by atoms with van der Waals surface area (Å²) in [5, 5.41) is 43.5. The summed E-state index contributed by atoms with van der Waals surface area (Å²) >= 11 is 0. The van der Waals surface area contributed by atoms with E-state index < -0.39 is 22.7 Å². The molecule has 4 fully saturated rings. The van der Waals surface area contributed by atoms with Crippen molar-refractivity contribution in [1.29, 1.82) is 5.26 Å². The van der Waals surface area contributed by atoms with Gasteiger partial charge in [0.05, 0.1) is 23.4 Å². The van der Waals surface area contributed by atoms with Gasteiger partial charge in [0.15, 0.2) is 0 Å². The number of nitrogens with zero attached hydrogens (tertiary/aromatic N) is 2. The maximum Gasteiger partial charge on any atom is 0.331 e. The van der Waals surface area contributed by atoms with Crippen LogP contribution in [0.2, 0.25) is 0 Å². The molecule has 8 atom stereocenters. The molecule has 0 radical (unpaired) electrons. The third kappa shape index (κ3) is 2.82. The van der Waals surface area contributed by atoms with Gasteiger partial charge in [0.1, 0.15) is 13.2 Å². The molecule has 7 heteroatoms. The summed E-state index contributed by atoms with van der Waals surface area (Å²) < 4.78 is 5.19. The van der Waals surface area contributed by atoms with Gasteiger partial charge in [-0.05, 0) is 74.7 Å². The van der Waals surface area contributed by atoms with Gasteiger partial charge in [-0.2, -0.15) is 5.26 Å². The first-order chi connectivity index (χ1) is 15.2. The lowest BCUT2D eigenvalue weighted by atomic mass is 9.41. The minimum Gasteiger partial charge on any atom is -0.458 e. The van der Waals surface area contributed by atoms with Crippen molar-refractivity contribution in [1.82, 2.24) is 0 Å². The molecule has 1 aliphatic heterocycles. The van der Waals surface area contributed by atoms with Crippen molar-refractivity contribution in [2.24, 2.45) is 33.6 Å². The number of cyclic esters (lactones) is 1. The number of aliphatic imine (C=N–C) groups is 1. The first-order valence-corrected chi connectivity index (χ1v) is 12.1. The summed E-state index contributed by atoms with van der Waals surface area (Å²) in [5.74, 6) is -0.113. The van der Waals surface area contributed by atoms with Crippen molar-refractivity contribution in [3.8, 4) is 6.07 Å². The van der Waals surface area contributed by atoms with Gasteiger partial charge in [0, 0.05) is 29.5 Å². The zero-order chi connectivity index (χ0) is 22.8. The second-order valence-electron chi connectivity index (χ2n) is 11.1. The lowest BCUT2D eigenvalue weighted by molar-refractivity contribution is -0.237. The highest BCUT2D eigenvalue weighted by molar-refractivity contribution is 5.85. The molecule has 4 aliphatic carbocycles. The average Bonchev–Trinajstić information content (AvgIpc) is 3.28. The molecule has 0 aromatic carbocycles. The summed E-state index contributed by atoms with van der Waals surface area (Å²) in [7, 11) is 0. The Morgan fingerprint density at radius 1 is 1.19 bits per heavy atom. The highest BCUT2D eigenvalue weighted by Gasteiger charge is 2.71. The van der Waals surface area contributed by atoms with Gasteiger partial charge in [0.25, 0.3) is 0 Å². The van der Waals surface area contributed by atoms with Crippen molar-refractivity contribution < 1.29 is 24.9 Å². The number of hydrogen-bond donors (Lipinski definition) is 3. The van der Waals surface area contributed by atoms with Gasteiger partial charge in [-0.3, -0.25) is 4.99 Å². The predicted molar refractivity (Wildman–Crippen MR) is 116 cm³/mol. The minimum atomic E-state index is -1.07. The van der Waals surface area contributed by atoms with Crippen molar-refractivity contribution in [3.05, 3.63) is 11.6 Å². The first kappa shape index (κ1) is 22.1. The lowest BCUT2D eigenvalue weighted by Crippen LogP contribution is -2.68. The van der Waals surface area contributed by atoms with E-state index in [-0.39, 0.29) is 35.7 Å². The van der Waals surface area contributed by atoms with Crippen LogP contribution in [0.3, 0.4) is 0 Å². The van der Waals surface area contributed by atoms with E-state index in [1.54, 1.807) is 6.08 Å². The van der Waals surface area contributed by atoms with Crippen molar-refractivity contribution in [2.45, 2.75) is 82.0 Å². The largest absolute Gasteiger partial charge is 0.458 e. The number of carbonyl (C=O) groups excluding carboxylic acids is 1. The molecule has 3 N–H and O–H groups in total. The van der Waals surface area contributed by atoms with E-state index in [0.717, 1.165) is 24.8 Å². The topological polar surface area (TPSA) is 123 Å². The third-order valence-corrected chi connectivity index (χ3v) is 10.1. The lowest BCUT2D eigenvalue weighted by Gasteiger charge is -2.65. The van der Waals surface area contributed by atoms with Crippen LogP contribution in [0.1, 0.15) is 64.7 Å². The van der Waals surface area contributed by atoms with Gasteiger partial charge in [-0.1, -0.05) is 6.92 Å². The SMILES string of the molecule is C[C@]12CC[C@H]3[C@H](CC[C@]4(O)C[C@H](O)CC[C@]34C=NCC#N)[C@]1(O)CC[C@H]2C1=CC(=O)OC1. The van der Waals surface area contributed by atoms with Crippen molar-refractivity contribution >= 4 is 12.2 Å². The van der Waals surface area contributed by atoms with E-state index in [0.29, 0.717) is 45.1 Å². The highest BCUT2D eigenvalue weighted by Crippen LogP contribution is 2.70. The molecule has 0 spiro atoms. The summed E-state index contributed by atoms with van der Waals surface area (Å²) in [6.07, 6.45) is 8.80. The Bertz CT molecular complexity index is 910. The summed E-state index contributed by atoms with van der Waals surface area (Å²) in [6, 6.07) is 2.06. The van der Waals surface area contributed by atoms with E-state index in [1.807, 2.05) is 6.21 Å². The van der Waals surface area contributed by atoms with Crippen LogP contribution in [0.5, 0.6) is 0 Å². The van der Waals surface area contributed by atoms with Crippen LogP contribution in [0.25, 0.3) is 0 Å². The number of nitriles is 1. The number of ether oxygens (including phenoxy) is 1. The molecule has 5 rings (SSSR count). The van der Waals surface area contributed by atoms with Gasteiger partial charge in [-0.25, -0.2) is 4.79 Å². The van der Waals surface area contributed by atoms with Crippen LogP contribution in [0, 0.1) is 39.9 Å². The molecule has 5 aliphatic rings. The molecule has 4 saturated carbocycles. The quantitative estimate of drug-likeness (QED) is 0.350. The van der Waals surface area contributed by atoms with Gasteiger partial charge in [-0.15, -0.1) is 0 Å². The standard InChI is InChI=1S/C25H34N2O5/c1-22-6-3-19-20(25(22,31)9-5-18(22)16-12-21(29)32-14-16)4-8-24(30)13-17(28)2-7-23(19,24)15-27-11-10-26/h12,15,17-20,28,30-31H,2-9,11,13-14H2,1H3/t17-,18+,19+,20+,22-,23+,24+,25-/m1/s1. The number of rotatable bonds is 3. The van der Waals surface area contributed by atoms with E-state index in [4.69, 9.17) is 10.00 Å². The molecule has 0 aromatic rings. The third-order valence-electron chi connectivity index (χ3n) is 10.1. The molecule has 0 amide bonds. The molecule has 1 heterocycles. The minimum absolute atomic E-state index is 0.00827. The Morgan fingerprint density at radius 2 is 1.97 bits per heavy atom. The highest BCUT2D eigenvalue weighted by atomic mass is 16.5. The van der Waals surface area contributed by atoms with Crippen LogP contribution < -0.4 is 0 Å². The van der Waals surface area contributed by atoms with Crippen LogP contribution >= 0.6 is 0 Å². The second-order valence-corrected chi connectivity index (χ2v) is 11.1. The number of aliphatic hydroxyl groups excluding tert-OH is 1. The molecule has 0 unspecified atom stereocenters. The van der Waals surface area contributed by atoms with Crippen molar-refractivity contribution in [3.63, 3.8) is 0 Å². The van der Waals surface area contributed by atoms with E-state index >= 15 is 0 Å². The van der Waals surface area contributed by atoms with E-state index in [9.17, 15) is 20.1 Å². The Morgan fingerprint density at radius 3 is 2.69 bits per heavy atom. The fraction of sp³-hybridized carbons (Fsp3) is 0.800. The summed E-state index contributed by atoms with van der Waals surface area (Å²) in [4.78, 5) is 16.1. The molecule has 0 aromatic heterocycles. The normalized spacial score (nSPS) is 50.2. The zero-order valence-electron chi connectivity index (χ0n) is 18.8. The van der Waals surface area contributed by atoms with Crippen LogP contribution in [-0.2, 0) is 9.53 Å². The smallest absolute Gasteiger partial charge is 0.331 e. The Kier molecular flexibility index (Phi) is 5.09. The molecule has 0 bridgehead atoms. The maximum atomic E-state index is 12.3. The van der Waals surface area contributed by atoms with Crippen LogP contribution in [0.4, 0.5) is 0 Å². The molecule has 7 nitrogen and oxygen atoms in total. The molecular formula is C25H34N2O5. The number of hydrogen-bond acceptors (Lipinski definition) is 7. The zero-order valence-corrected chi connectivity index (χ0v) is 18.8. The van der Waals surface area contributed by atoms with Crippen LogP contribution in [0.15, 0.2) is 16.6 Å². The fourth-order valence-corrected chi connectivity index (χ4v) is 8.61. The molecule has 32 heavy (non-hydrogen) atoms. The number of carbonyl (C=O) groups is 1. The molecular weight excluding hydrogens is 408 g/mol. The van der Waals surface area contributed by atoms with Gasteiger partial charge < -0.3 is 20.1 Å². The Labute approximate surface area is 189 Å².